The number of hydrogen-bond donors (Lipinski definition) is 0. The molecule has 4 aliphatic carbocycles. The van der Waals surface area contributed by atoms with Crippen molar-refractivity contribution in [3.63, 3.8) is 0 Å². The minimum atomic E-state index is -0.725. The van der Waals surface area contributed by atoms with Gasteiger partial charge in [0.25, 0.3) is 0 Å². The largest absolute Gasteiger partial charge is 0.455 e. The first-order chi connectivity index (χ1) is 23.5. The molecular weight excluding hydrogens is 620 g/mol. The first-order valence-corrected chi connectivity index (χ1v) is 20.2. The van der Waals surface area contributed by atoms with E-state index in [-0.39, 0.29) is 22.8 Å². The topological polar surface area (TPSA) is 81.7 Å². The second-order valence-electron chi connectivity index (χ2n) is 17.4. The third kappa shape index (κ3) is 8.30. The van der Waals surface area contributed by atoms with Gasteiger partial charge in [0.05, 0.1) is 73.2 Å². The van der Waals surface area contributed by atoms with Crippen LogP contribution < -0.4 is 0 Å². The molecule has 7 rings (SSSR count). The molecule has 7 aliphatic rings. The highest BCUT2D eigenvalue weighted by atomic mass is 16.6. The monoisotopic (exact) mass is 688 g/mol. The average molecular weight is 689 g/mol. The summed E-state index contributed by atoms with van der Waals surface area (Å²) in [7, 11) is 0. The standard InChI is InChI=1S/C41H68O8/c1-6-9-12-35(15-21-43-35)18-24-46-38-27-39(47-25-19-36(13-10-7-2)16-22-44-36)29-40(28-38,32-41(30-38,31-39)49-34(42)33(4)5)48-26-20-37(14-11-8-3)17-23-45-37/h4,6-32H2,1-3,5H3. The first-order valence-electron chi connectivity index (χ1n) is 20.2. The number of carbonyl (C=O) groups is 1. The van der Waals surface area contributed by atoms with Crippen LogP contribution in [-0.4, -0.2) is 84.8 Å². The number of esters is 1. The lowest BCUT2D eigenvalue weighted by Gasteiger charge is -2.68. The summed E-state index contributed by atoms with van der Waals surface area (Å²) in [5, 5.41) is 0. The van der Waals surface area contributed by atoms with Gasteiger partial charge in [0.1, 0.15) is 5.60 Å². The van der Waals surface area contributed by atoms with Gasteiger partial charge in [0, 0.05) is 44.1 Å². The zero-order valence-corrected chi connectivity index (χ0v) is 31.6. The highest BCUT2D eigenvalue weighted by molar-refractivity contribution is 5.87. The highest BCUT2D eigenvalue weighted by Crippen LogP contribution is 2.66. The lowest BCUT2D eigenvalue weighted by Crippen LogP contribution is -2.74. The van der Waals surface area contributed by atoms with Crippen LogP contribution in [0.5, 0.6) is 0 Å². The molecule has 0 aromatic rings. The second-order valence-corrected chi connectivity index (χ2v) is 17.4. The molecule has 3 aliphatic heterocycles. The average Bonchev–Trinajstić information content (AvgIpc) is 2.98. The van der Waals surface area contributed by atoms with Crippen LogP contribution in [0.4, 0.5) is 0 Å². The molecule has 0 N–H and O–H groups in total. The van der Waals surface area contributed by atoms with Gasteiger partial charge in [-0.05, 0) is 64.7 Å². The van der Waals surface area contributed by atoms with Crippen molar-refractivity contribution in [2.24, 2.45) is 0 Å². The Kier molecular flexibility index (Phi) is 11.7. The molecule has 49 heavy (non-hydrogen) atoms. The van der Waals surface area contributed by atoms with E-state index < -0.39 is 22.4 Å². The Balaban J connectivity index is 1.24. The van der Waals surface area contributed by atoms with Crippen molar-refractivity contribution in [1.29, 1.82) is 0 Å². The van der Waals surface area contributed by atoms with Gasteiger partial charge in [-0.2, -0.15) is 0 Å². The molecule has 0 aromatic carbocycles. The van der Waals surface area contributed by atoms with E-state index in [1.54, 1.807) is 6.92 Å². The summed E-state index contributed by atoms with van der Waals surface area (Å²) < 4.78 is 46.5. The number of unbranched alkanes of at least 4 members (excludes halogenated alkanes) is 3. The number of rotatable bonds is 23. The van der Waals surface area contributed by atoms with Crippen LogP contribution in [0.1, 0.15) is 163 Å². The van der Waals surface area contributed by atoms with Crippen LogP contribution in [0, 0.1) is 0 Å². The molecule has 7 fully saturated rings. The lowest BCUT2D eigenvalue weighted by atomic mass is 9.48. The van der Waals surface area contributed by atoms with Gasteiger partial charge in [-0.25, -0.2) is 4.79 Å². The fraction of sp³-hybridized carbons (Fsp3) is 0.927. The summed E-state index contributed by atoms with van der Waals surface area (Å²) in [6, 6.07) is 0. The quantitative estimate of drug-likeness (QED) is 0.0779. The van der Waals surface area contributed by atoms with Gasteiger partial charge in [-0.1, -0.05) is 65.9 Å². The van der Waals surface area contributed by atoms with E-state index >= 15 is 0 Å². The van der Waals surface area contributed by atoms with Crippen LogP contribution in [0.25, 0.3) is 0 Å². The van der Waals surface area contributed by atoms with E-state index in [0.29, 0.717) is 44.7 Å². The summed E-state index contributed by atoms with van der Waals surface area (Å²) >= 11 is 0. The molecule has 0 amide bonds. The summed E-state index contributed by atoms with van der Waals surface area (Å²) in [6.45, 7) is 16.8. The SMILES string of the molecule is C=C(C)C(=O)OC12CC3(OCCC4(CCCC)CCO4)CC(OCCC4(CCCC)CCO4)(CC(OCCC4(CCCC)CCO4)(C3)C1)C2. The van der Waals surface area contributed by atoms with Crippen molar-refractivity contribution < 1.29 is 38.0 Å². The molecule has 3 heterocycles. The molecule has 0 spiro atoms. The minimum absolute atomic E-state index is 0.0596. The van der Waals surface area contributed by atoms with E-state index in [9.17, 15) is 4.79 Å². The van der Waals surface area contributed by atoms with E-state index in [4.69, 9.17) is 33.2 Å². The van der Waals surface area contributed by atoms with Gasteiger partial charge in [0.2, 0.25) is 0 Å². The van der Waals surface area contributed by atoms with Crippen molar-refractivity contribution in [1.82, 2.24) is 0 Å². The minimum Gasteiger partial charge on any atom is -0.455 e. The Bertz CT molecular complexity index is 1010. The molecule has 0 aromatic heterocycles. The first kappa shape index (κ1) is 37.7. The summed E-state index contributed by atoms with van der Waals surface area (Å²) in [4.78, 5) is 13.3. The van der Waals surface area contributed by atoms with Crippen LogP contribution in [0.3, 0.4) is 0 Å². The number of ether oxygens (including phenoxy) is 7. The molecular formula is C41H68O8. The van der Waals surface area contributed by atoms with Gasteiger partial charge < -0.3 is 33.2 Å². The van der Waals surface area contributed by atoms with Gasteiger partial charge >= 0.3 is 5.97 Å². The van der Waals surface area contributed by atoms with Crippen molar-refractivity contribution in [3.05, 3.63) is 12.2 Å². The normalized spacial score (nSPS) is 40.4. The molecule has 0 radical (unpaired) electrons. The second kappa shape index (κ2) is 15.1. The Hall–Kier alpha value is -1.03. The summed E-state index contributed by atoms with van der Waals surface area (Å²) in [5.41, 5.74) is -1.98. The Morgan fingerprint density at radius 3 is 1.10 bits per heavy atom. The molecule has 3 unspecified atom stereocenters. The van der Waals surface area contributed by atoms with Gasteiger partial charge in [-0.3, -0.25) is 0 Å². The maximum atomic E-state index is 13.3. The maximum Gasteiger partial charge on any atom is 0.333 e. The highest BCUT2D eigenvalue weighted by Gasteiger charge is 2.72. The third-order valence-corrected chi connectivity index (χ3v) is 13.3. The zero-order chi connectivity index (χ0) is 34.7. The number of hydrogen-bond acceptors (Lipinski definition) is 8. The van der Waals surface area contributed by atoms with Crippen LogP contribution in [-0.2, 0) is 38.0 Å². The van der Waals surface area contributed by atoms with Crippen LogP contribution in [0.2, 0.25) is 0 Å². The fourth-order valence-electron chi connectivity index (χ4n) is 10.7. The van der Waals surface area contributed by atoms with Crippen molar-refractivity contribution in [2.45, 2.75) is 202 Å². The third-order valence-electron chi connectivity index (χ3n) is 13.3. The molecule has 4 saturated carbocycles. The summed E-state index contributed by atoms with van der Waals surface area (Å²) in [6.07, 6.45) is 20.7. The smallest absolute Gasteiger partial charge is 0.333 e. The molecule has 3 saturated heterocycles. The number of carbonyl (C=O) groups excluding carboxylic acids is 1. The molecule has 8 heteroatoms. The van der Waals surface area contributed by atoms with Gasteiger partial charge in [0.15, 0.2) is 0 Å². The van der Waals surface area contributed by atoms with E-state index in [0.717, 1.165) is 96.9 Å². The maximum absolute atomic E-state index is 13.3. The van der Waals surface area contributed by atoms with E-state index in [2.05, 4.69) is 27.4 Å². The van der Waals surface area contributed by atoms with Crippen molar-refractivity contribution in [3.8, 4) is 0 Å². The molecule has 8 nitrogen and oxygen atoms in total. The lowest BCUT2D eigenvalue weighted by molar-refractivity contribution is -0.331. The van der Waals surface area contributed by atoms with Crippen LogP contribution in [0.15, 0.2) is 12.2 Å². The molecule has 4 bridgehead atoms. The Morgan fingerprint density at radius 1 is 0.551 bits per heavy atom. The van der Waals surface area contributed by atoms with Crippen molar-refractivity contribution >= 4 is 5.97 Å². The predicted molar refractivity (Wildman–Crippen MR) is 190 cm³/mol. The van der Waals surface area contributed by atoms with Gasteiger partial charge in [-0.15, -0.1) is 0 Å². The van der Waals surface area contributed by atoms with Crippen molar-refractivity contribution in [2.75, 3.05) is 39.6 Å². The Labute approximate surface area is 297 Å². The van der Waals surface area contributed by atoms with E-state index in [1.165, 1.54) is 38.5 Å². The zero-order valence-electron chi connectivity index (χ0n) is 31.6. The van der Waals surface area contributed by atoms with Crippen LogP contribution >= 0.6 is 0 Å². The predicted octanol–water partition coefficient (Wildman–Crippen LogP) is 8.71. The molecule has 280 valence electrons. The Morgan fingerprint density at radius 2 is 0.857 bits per heavy atom. The summed E-state index contributed by atoms with van der Waals surface area (Å²) in [5.74, 6) is -0.327. The molecule has 3 atom stereocenters. The van der Waals surface area contributed by atoms with E-state index in [1.807, 2.05) is 0 Å². The fourth-order valence-corrected chi connectivity index (χ4v) is 10.7.